The van der Waals surface area contributed by atoms with E-state index in [-0.39, 0.29) is 6.48 Å². The lowest BCUT2D eigenvalue weighted by molar-refractivity contribution is -0.157. The molecular weight excluding hydrogens is 132 g/mol. The third kappa shape index (κ3) is 6.01. The number of rotatable bonds is 6. The number of hydrogen-bond acceptors (Lipinski definition) is 3. The van der Waals surface area contributed by atoms with Crippen LogP contribution in [0.2, 0.25) is 0 Å². The summed E-state index contributed by atoms with van der Waals surface area (Å²) in [6.07, 6.45) is 1.75. The van der Waals surface area contributed by atoms with Gasteiger partial charge in [-0.2, -0.15) is 0 Å². The third-order valence-corrected chi connectivity index (χ3v) is 0.859. The molecule has 0 bridgehead atoms. The maximum Gasteiger partial charge on any atom is 0.367 e. The zero-order valence-corrected chi connectivity index (χ0v) is 6.59. The van der Waals surface area contributed by atoms with E-state index in [0.29, 0.717) is 13.2 Å². The molecule has 0 spiro atoms. The van der Waals surface area contributed by atoms with Gasteiger partial charge in [0.2, 0.25) is 0 Å². The van der Waals surface area contributed by atoms with Crippen LogP contribution in [0.15, 0.2) is 0 Å². The van der Waals surface area contributed by atoms with Crippen LogP contribution >= 0.6 is 0 Å². The highest BCUT2D eigenvalue weighted by molar-refractivity contribution is 4.41. The summed E-state index contributed by atoms with van der Waals surface area (Å²) in [4.78, 5) is 0. The largest absolute Gasteiger partial charge is 0.367 e. The number of aliphatic hydroxyl groups is 1. The van der Waals surface area contributed by atoms with Crippen LogP contribution in [-0.4, -0.2) is 18.3 Å². The molecule has 1 N–H and O–H groups in total. The lowest BCUT2D eigenvalue weighted by atomic mass is 10.5. The Kier molecular flexibility index (Phi) is 6.91. The molecule has 0 aromatic heterocycles. The Balaban J connectivity index is 3.00. The van der Waals surface area contributed by atoms with Gasteiger partial charge in [-0.1, -0.05) is 13.8 Å². The molecule has 0 aliphatic rings. The second kappa shape index (κ2) is 6.99. The molecule has 3 nitrogen and oxygen atoms in total. The van der Waals surface area contributed by atoms with E-state index in [1.165, 1.54) is 0 Å². The van der Waals surface area contributed by atoms with E-state index < -0.39 is 0 Å². The van der Waals surface area contributed by atoms with Gasteiger partial charge in [-0.05, 0) is 12.8 Å². The van der Waals surface area contributed by atoms with Crippen LogP contribution in [0.1, 0.15) is 26.7 Å². The van der Waals surface area contributed by atoms with Crippen molar-refractivity contribution in [3.8, 4) is 0 Å². The number of hydrogen-bond donors (Lipinski definition) is 1. The summed E-state index contributed by atoms with van der Waals surface area (Å²) >= 11 is 0. The zero-order valence-electron chi connectivity index (χ0n) is 6.59. The lowest BCUT2D eigenvalue weighted by Gasteiger charge is -2.07. The van der Waals surface area contributed by atoms with Crippen molar-refractivity contribution in [1.29, 1.82) is 0 Å². The molecule has 0 rings (SSSR count). The number of aliphatic hydroxyl groups excluding tert-OH is 1. The Morgan fingerprint density at radius 2 is 1.50 bits per heavy atom. The molecule has 0 saturated carbocycles. The molecule has 1 radical (unpaired) electrons. The van der Waals surface area contributed by atoms with Crippen molar-refractivity contribution in [2.45, 2.75) is 26.7 Å². The van der Waals surface area contributed by atoms with Gasteiger partial charge in [-0.3, -0.25) is 0 Å². The molecule has 0 aliphatic heterocycles. The first-order chi connectivity index (χ1) is 4.81. The van der Waals surface area contributed by atoms with Crippen molar-refractivity contribution in [3.05, 3.63) is 6.48 Å². The molecule has 0 unspecified atom stereocenters. The molecule has 0 saturated heterocycles. The molecule has 10 heavy (non-hydrogen) atoms. The third-order valence-electron chi connectivity index (χ3n) is 0.859. The van der Waals surface area contributed by atoms with Gasteiger partial charge in [0.05, 0.1) is 13.2 Å². The quantitative estimate of drug-likeness (QED) is 0.621. The Morgan fingerprint density at radius 3 is 1.80 bits per heavy atom. The van der Waals surface area contributed by atoms with Crippen LogP contribution in [0.4, 0.5) is 0 Å². The Hall–Kier alpha value is -0.120. The Labute approximate surface area is 62.0 Å². The van der Waals surface area contributed by atoms with Crippen LogP contribution in [0.3, 0.4) is 0 Å². The van der Waals surface area contributed by atoms with Crippen LogP contribution < -0.4 is 0 Å². The van der Waals surface area contributed by atoms with E-state index in [0.717, 1.165) is 12.8 Å². The minimum absolute atomic E-state index is 0.302. The van der Waals surface area contributed by atoms with Crippen molar-refractivity contribution in [2.24, 2.45) is 0 Å². The highest BCUT2D eigenvalue weighted by Crippen LogP contribution is 2.00. The molecule has 0 amide bonds. The molecule has 0 fully saturated rings. The first-order valence-corrected chi connectivity index (χ1v) is 3.62. The van der Waals surface area contributed by atoms with Crippen molar-refractivity contribution < 1.29 is 14.6 Å². The highest BCUT2D eigenvalue weighted by atomic mass is 16.8. The maximum absolute atomic E-state index is 8.78. The van der Waals surface area contributed by atoms with E-state index in [1.807, 2.05) is 13.8 Å². The smallest absolute Gasteiger partial charge is 0.337 e. The first kappa shape index (κ1) is 9.88. The summed E-state index contributed by atoms with van der Waals surface area (Å²) in [5, 5.41) is 8.78. The standard InChI is InChI=1S/C7H15O3/c1-3-5-9-7(8)10-6-4-2/h8H,3-6H2,1-2H3. The summed E-state index contributed by atoms with van der Waals surface area (Å²) in [6, 6.07) is 0. The molecular formula is C7H15O3. The minimum Gasteiger partial charge on any atom is -0.337 e. The fourth-order valence-electron chi connectivity index (χ4n) is 0.420. The summed E-state index contributed by atoms with van der Waals surface area (Å²) in [6.45, 7) is 4.65. The normalized spacial score (nSPS) is 10.8. The monoisotopic (exact) mass is 147 g/mol. The van der Waals surface area contributed by atoms with Crippen LogP contribution in [0, 0.1) is 6.48 Å². The SMILES string of the molecule is CCCO[C](O)OCCC. The van der Waals surface area contributed by atoms with Gasteiger partial charge in [-0.25, -0.2) is 0 Å². The molecule has 61 valence electrons. The molecule has 3 heteroatoms. The average molecular weight is 147 g/mol. The molecule has 0 aliphatic carbocycles. The van der Waals surface area contributed by atoms with E-state index in [1.54, 1.807) is 0 Å². The Morgan fingerprint density at radius 1 is 1.10 bits per heavy atom. The van der Waals surface area contributed by atoms with Crippen molar-refractivity contribution in [3.63, 3.8) is 0 Å². The molecule has 0 atom stereocenters. The number of ether oxygens (including phenoxy) is 2. The van der Waals surface area contributed by atoms with E-state index in [9.17, 15) is 0 Å². The second-order valence-corrected chi connectivity index (χ2v) is 1.96. The molecule has 0 aromatic rings. The van der Waals surface area contributed by atoms with Gasteiger partial charge in [0.25, 0.3) is 0 Å². The summed E-state index contributed by atoms with van der Waals surface area (Å²) in [7, 11) is 0. The van der Waals surface area contributed by atoms with Gasteiger partial charge < -0.3 is 14.6 Å². The van der Waals surface area contributed by atoms with E-state index >= 15 is 0 Å². The fourth-order valence-corrected chi connectivity index (χ4v) is 0.420. The van der Waals surface area contributed by atoms with Gasteiger partial charge in [0, 0.05) is 0 Å². The molecule has 0 aromatic carbocycles. The van der Waals surface area contributed by atoms with Gasteiger partial charge in [-0.15, -0.1) is 0 Å². The van der Waals surface area contributed by atoms with Crippen molar-refractivity contribution >= 4 is 0 Å². The average Bonchev–Trinajstić information content (AvgIpc) is 1.97. The second-order valence-electron chi connectivity index (χ2n) is 1.96. The highest BCUT2D eigenvalue weighted by Gasteiger charge is 2.04. The zero-order chi connectivity index (χ0) is 7.82. The summed E-state index contributed by atoms with van der Waals surface area (Å²) < 4.78 is 9.49. The summed E-state index contributed by atoms with van der Waals surface area (Å²) in [5.74, 6) is 0. The topological polar surface area (TPSA) is 38.7 Å². The van der Waals surface area contributed by atoms with Gasteiger partial charge in [0.15, 0.2) is 0 Å². The van der Waals surface area contributed by atoms with Crippen LogP contribution in [0.25, 0.3) is 0 Å². The predicted octanol–water partition coefficient (Wildman–Crippen LogP) is 1.66. The minimum atomic E-state index is -0.302. The van der Waals surface area contributed by atoms with Gasteiger partial charge >= 0.3 is 6.48 Å². The van der Waals surface area contributed by atoms with E-state index in [2.05, 4.69) is 0 Å². The van der Waals surface area contributed by atoms with Crippen molar-refractivity contribution in [2.75, 3.05) is 13.2 Å². The molecule has 0 heterocycles. The fraction of sp³-hybridized carbons (Fsp3) is 0.857. The summed E-state index contributed by atoms with van der Waals surface area (Å²) in [5.41, 5.74) is 0. The lowest BCUT2D eigenvalue weighted by Crippen LogP contribution is -2.08. The van der Waals surface area contributed by atoms with Crippen LogP contribution in [0.5, 0.6) is 0 Å². The Bertz CT molecular complexity index is 57.9. The van der Waals surface area contributed by atoms with Crippen molar-refractivity contribution in [1.82, 2.24) is 0 Å². The van der Waals surface area contributed by atoms with E-state index in [4.69, 9.17) is 14.6 Å². The van der Waals surface area contributed by atoms with Gasteiger partial charge in [0.1, 0.15) is 0 Å². The maximum atomic E-state index is 8.78. The first-order valence-electron chi connectivity index (χ1n) is 3.62. The van der Waals surface area contributed by atoms with Crippen LogP contribution in [-0.2, 0) is 9.47 Å². The predicted molar refractivity (Wildman–Crippen MR) is 37.7 cm³/mol.